The molecule has 1 aliphatic carbocycles. The monoisotopic (exact) mass is 223 g/mol. The minimum atomic E-state index is -1.16. The Hall–Kier alpha value is -2.09. The summed E-state index contributed by atoms with van der Waals surface area (Å²) in [7, 11) is 0. The Balaban J connectivity index is 2.25. The van der Waals surface area contributed by atoms with Crippen molar-refractivity contribution in [1.29, 1.82) is 0 Å². The lowest BCUT2D eigenvalue weighted by atomic mass is 10.00. The van der Waals surface area contributed by atoms with E-state index in [2.05, 4.69) is 12.1 Å². The quantitative estimate of drug-likeness (QED) is 0.727. The third-order valence-corrected chi connectivity index (χ3v) is 3.31. The van der Waals surface area contributed by atoms with Crippen LogP contribution < -0.4 is 5.11 Å². The fraction of sp³-hybridized carbons (Fsp3) is 0.133. The Bertz CT molecular complexity index is 628. The summed E-state index contributed by atoms with van der Waals surface area (Å²) in [6.07, 6.45) is 4.86. The number of carboxylic acids is 1. The SMILES string of the molecule is O=C([O-])/C=C/c1ccc2c3c(cccc13)CC2. The molecule has 2 aromatic rings. The minimum absolute atomic E-state index is 0.941. The second-order valence-electron chi connectivity index (χ2n) is 4.31. The maximum Gasteiger partial charge on any atom is 0.0643 e. The molecule has 0 N–H and O–H groups in total. The van der Waals surface area contributed by atoms with Crippen LogP contribution in [0.2, 0.25) is 0 Å². The Labute approximate surface area is 99.2 Å². The number of hydrogen-bond acceptors (Lipinski definition) is 2. The van der Waals surface area contributed by atoms with Crippen molar-refractivity contribution in [3.05, 3.63) is 53.1 Å². The fourth-order valence-corrected chi connectivity index (χ4v) is 2.57. The number of carboxylic acid groups (broad SMARTS) is 1. The highest BCUT2D eigenvalue weighted by Crippen LogP contribution is 2.33. The van der Waals surface area contributed by atoms with E-state index in [-0.39, 0.29) is 0 Å². The van der Waals surface area contributed by atoms with Gasteiger partial charge in [-0.15, -0.1) is 0 Å². The zero-order valence-corrected chi connectivity index (χ0v) is 9.27. The molecule has 0 bridgehead atoms. The van der Waals surface area contributed by atoms with Gasteiger partial charge in [0.25, 0.3) is 0 Å². The molecule has 0 fully saturated rings. The second-order valence-corrected chi connectivity index (χ2v) is 4.31. The number of hydrogen-bond donors (Lipinski definition) is 0. The number of aryl methyl sites for hydroxylation is 2. The maximum absolute atomic E-state index is 10.5. The molecular weight excluding hydrogens is 212 g/mol. The number of rotatable bonds is 2. The van der Waals surface area contributed by atoms with Crippen LogP contribution in [0.1, 0.15) is 16.7 Å². The molecule has 3 rings (SSSR count). The van der Waals surface area contributed by atoms with Crippen LogP contribution in [0.4, 0.5) is 0 Å². The fourth-order valence-electron chi connectivity index (χ4n) is 2.57. The van der Waals surface area contributed by atoms with Gasteiger partial charge < -0.3 is 9.90 Å². The van der Waals surface area contributed by atoms with Crippen molar-refractivity contribution in [3.63, 3.8) is 0 Å². The Kier molecular flexibility index (Phi) is 2.22. The summed E-state index contributed by atoms with van der Waals surface area (Å²) < 4.78 is 0. The van der Waals surface area contributed by atoms with E-state index < -0.39 is 5.97 Å². The highest BCUT2D eigenvalue weighted by Gasteiger charge is 2.14. The highest BCUT2D eigenvalue weighted by molar-refractivity contribution is 5.98. The molecule has 0 saturated heterocycles. The first-order valence-corrected chi connectivity index (χ1v) is 5.68. The summed E-state index contributed by atoms with van der Waals surface area (Å²) in [4.78, 5) is 10.5. The van der Waals surface area contributed by atoms with E-state index in [0.29, 0.717) is 0 Å². The zero-order chi connectivity index (χ0) is 11.8. The maximum atomic E-state index is 10.5. The van der Waals surface area contributed by atoms with Crippen LogP contribution in [0.3, 0.4) is 0 Å². The van der Waals surface area contributed by atoms with E-state index in [4.69, 9.17) is 0 Å². The molecule has 0 unspecified atom stereocenters. The molecule has 2 aromatic carbocycles. The van der Waals surface area contributed by atoms with Crippen molar-refractivity contribution in [2.45, 2.75) is 12.8 Å². The summed E-state index contributed by atoms with van der Waals surface area (Å²) in [5.41, 5.74) is 3.67. The Morgan fingerprint density at radius 3 is 2.65 bits per heavy atom. The van der Waals surface area contributed by atoms with Crippen LogP contribution in [0.5, 0.6) is 0 Å². The lowest BCUT2D eigenvalue weighted by molar-refractivity contribution is -0.297. The smallest absolute Gasteiger partial charge is 0.0643 e. The van der Waals surface area contributed by atoms with E-state index in [1.807, 2.05) is 18.2 Å². The molecule has 0 radical (unpaired) electrons. The van der Waals surface area contributed by atoms with Gasteiger partial charge >= 0.3 is 0 Å². The van der Waals surface area contributed by atoms with Gasteiger partial charge in [0.2, 0.25) is 0 Å². The lowest BCUT2D eigenvalue weighted by Gasteiger charge is -2.05. The van der Waals surface area contributed by atoms with Gasteiger partial charge in [0.1, 0.15) is 0 Å². The molecular formula is C15H11O2-. The molecule has 0 amide bonds. The summed E-state index contributed by atoms with van der Waals surface area (Å²) in [5, 5.41) is 12.9. The average molecular weight is 223 g/mol. The van der Waals surface area contributed by atoms with Gasteiger partial charge in [-0.25, -0.2) is 0 Å². The standard InChI is InChI=1S/C15H12O2/c16-14(17)9-8-10-4-5-12-7-6-11-2-1-3-13(10)15(11)12/h1-5,8-9H,6-7H2,(H,16,17)/p-1/b9-8+. The van der Waals surface area contributed by atoms with E-state index >= 15 is 0 Å². The van der Waals surface area contributed by atoms with Crippen molar-refractivity contribution >= 4 is 22.8 Å². The lowest BCUT2D eigenvalue weighted by Crippen LogP contribution is -2.18. The van der Waals surface area contributed by atoms with Crippen LogP contribution in [-0.2, 0) is 17.6 Å². The van der Waals surface area contributed by atoms with E-state index in [9.17, 15) is 9.90 Å². The Morgan fingerprint density at radius 2 is 1.88 bits per heavy atom. The first-order chi connectivity index (χ1) is 8.25. The number of aliphatic carboxylic acids is 1. The van der Waals surface area contributed by atoms with Crippen molar-refractivity contribution in [1.82, 2.24) is 0 Å². The predicted octanol–water partition coefficient (Wildman–Crippen LogP) is 1.70. The molecule has 84 valence electrons. The van der Waals surface area contributed by atoms with Gasteiger partial charge in [-0.3, -0.25) is 0 Å². The predicted molar refractivity (Wildman–Crippen MR) is 65.4 cm³/mol. The summed E-state index contributed by atoms with van der Waals surface area (Å²) in [6, 6.07) is 10.3. The number of benzene rings is 2. The van der Waals surface area contributed by atoms with Crippen LogP contribution in [-0.4, -0.2) is 5.97 Å². The van der Waals surface area contributed by atoms with Gasteiger partial charge in [-0.05, 0) is 46.4 Å². The van der Waals surface area contributed by atoms with Gasteiger partial charge in [-0.2, -0.15) is 0 Å². The van der Waals surface area contributed by atoms with Crippen LogP contribution >= 0.6 is 0 Å². The highest BCUT2D eigenvalue weighted by atomic mass is 16.4. The molecule has 0 saturated carbocycles. The molecule has 2 heteroatoms. The third-order valence-electron chi connectivity index (χ3n) is 3.31. The average Bonchev–Trinajstić information content (AvgIpc) is 2.74. The van der Waals surface area contributed by atoms with Crippen LogP contribution in [0.15, 0.2) is 36.4 Å². The van der Waals surface area contributed by atoms with E-state index in [1.165, 1.54) is 16.5 Å². The molecule has 17 heavy (non-hydrogen) atoms. The van der Waals surface area contributed by atoms with Gasteiger partial charge in [0.05, 0.1) is 5.97 Å². The number of carbonyl (C=O) groups is 1. The first-order valence-electron chi connectivity index (χ1n) is 5.68. The molecule has 2 nitrogen and oxygen atoms in total. The van der Waals surface area contributed by atoms with E-state index in [0.717, 1.165) is 29.9 Å². The van der Waals surface area contributed by atoms with Crippen molar-refractivity contribution in [2.75, 3.05) is 0 Å². The summed E-state index contributed by atoms with van der Waals surface area (Å²) >= 11 is 0. The molecule has 0 spiro atoms. The zero-order valence-electron chi connectivity index (χ0n) is 9.27. The van der Waals surface area contributed by atoms with Crippen molar-refractivity contribution in [2.24, 2.45) is 0 Å². The van der Waals surface area contributed by atoms with E-state index in [1.54, 1.807) is 6.08 Å². The van der Waals surface area contributed by atoms with Crippen LogP contribution in [0, 0.1) is 0 Å². The van der Waals surface area contributed by atoms with Gasteiger partial charge in [-0.1, -0.05) is 36.4 Å². The largest absolute Gasteiger partial charge is 0.545 e. The molecule has 0 heterocycles. The number of carbonyl (C=O) groups excluding carboxylic acids is 1. The first kappa shape index (κ1) is 10.1. The summed E-state index contributed by atoms with van der Waals surface area (Å²) in [6.45, 7) is 0. The van der Waals surface area contributed by atoms with Gasteiger partial charge in [0.15, 0.2) is 0 Å². The van der Waals surface area contributed by atoms with Crippen LogP contribution in [0.25, 0.3) is 16.8 Å². The molecule has 0 atom stereocenters. The minimum Gasteiger partial charge on any atom is -0.545 e. The molecule has 1 aliphatic rings. The third kappa shape index (κ3) is 1.62. The summed E-state index contributed by atoms with van der Waals surface area (Å²) in [5.74, 6) is -1.16. The topological polar surface area (TPSA) is 40.1 Å². The normalized spacial score (nSPS) is 13.6. The Morgan fingerprint density at radius 1 is 1.12 bits per heavy atom. The second kappa shape index (κ2) is 3.74. The van der Waals surface area contributed by atoms with Crippen molar-refractivity contribution in [3.8, 4) is 0 Å². The molecule has 0 aliphatic heterocycles. The van der Waals surface area contributed by atoms with Gasteiger partial charge in [0, 0.05) is 0 Å². The molecule has 0 aromatic heterocycles. The van der Waals surface area contributed by atoms with Crippen molar-refractivity contribution < 1.29 is 9.90 Å².